The van der Waals surface area contributed by atoms with Crippen LogP contribution in [-0.4, -0.2) is 22.4 Å². The first-order valence-electron chi connectivity index (χ1n) is 4.34. The van der Waals surface area contributed by atoms with Crippen molar-refractivity contribution >= 4 is 0 Å². The molecule has 0 bridgehead atoms. The summed E-state index contributed by atoms with van der Waals surface area (Å²) in [7, 11) is 0. The number of hydrogen-bond acceptors (Lipinski definition) is 1. The van der Waals surface area contributed by atoms with Gasteiger partial charge < -0.3 is 0 Å². The molecule has 0 amide bonds. The summed E-state index contributed by atoms with van der Waals surface area (Å²) in [4.78, 5) is 2.58. The monoisotopic (exact) mass is 351 g/mol. The summed E-state index contributed by atoms with van der Waals surface area (Å²) in [5.41, 5.74) is 0. The van der Waals surface area contributed by atoms with Crippen LogP contribution in [0.2, 0.25) is 10.6 Å². The van der Waals surface area contributed by atoms with Gasteiger partial charge in [0.2, 0.25) is 0 Å². The molecule has 0 N–H and O–H groups in total. The Labute approximate surface area is 83.4 Å². The molecule has 12 heavy (non-hydrogen) atoms. The molecule has 0 aromatic heterocycles. The van der Waals surface area contributed by atoms with E-state index in [1.807, 2.05) is 0 Å². The molecule has 0 rings (SSSR count). The summed E-state index contributed by atoms with van der Waals surface area (Å²) in [5, 5.41) is 4.88. The maximum absolute atomic E-state index is 3.83. The Hall–Kier alpha value is 0.388. The molecule has 0 fully saturated rings. The zero-order valence-electron chi connectivity index (χ0n) is 8.75. The number of hydrogen-bond donors (Lipinski definition) is 0. The van der Waals surface area contributed by atoms with Crippen molar-refractivity contribution in [1.82, 2.24) is 4.90 Å². The molecule has 0 aromatic carbocycles. The number of rotatable bonds is 6. The Morgan fingerprint density at radius 1 is 1.33 bits per heavy atom. The predicted octanol–water partition coefficient (Wildman–Crippen LogP) is 2.94. The Balaban J connectivity index is 4.14. The second-order valence-corrected chi connectivity index (χ2v) is 9.23. The molecule has 0 heterocycles. The van der Waals surface area contributed by atoms with E-state index in [0.717, 1.165) is 4.43 Å². The first kappa shape index (κ1) is 12.4. The van der Waals surface area contributed by atoms with Crippen LogP contribution in [-0.2, 0) is 17.3 Å². The first-order chi connectivity index (χ1) is 5.67. The summed E-state index contributed by atoms with van der Waals surface area (Å²) >= 11 is -0.710. The van der Waals surface area contributed by atoms with Crippen LogP contribution in [0.5, 0.6) is 0 Å². The van der Waals surface area contributed by atoms with Crippen molar-refractivity contribution in [2.75, 3.05) is 13.1 Å². The van der Waals surface area contributed by atoms with Crippen molar-refractivity contribution in [2.45, 2.75) is 35.3 Å². The van der Waals surface area contributed by atoms with Crippen molar-refractivity contribution in [1.29, 1.82) is 0 Å². The molecular weight excluding hydrogens is 329 g/mol. The first-order valence-corrected chi connectivity index (χ1v) is 10.2. The Morgan fingerprint density at radius 2 is 1.83 bits per heavy atom. The van der Waals surface area contributed by atoms with Gasteiger partial charge in [0.05, 0.1) is 0 Å². The zero-order valence-corrected chi connectivity index (χ0v) is 11.0. The topological polar surface area (TPSA) is 3.24 Å². The minimum atomic E-state index is -0.710. The summed E-state index contributed by atoms with van der Waals surface area (Å²) in [6, 6.07) is 0. The van der Waals surface area contributed by atoms with Crippen LogP contribution >= 0.6 is 0 Å². The van der Waals surface area contributed by atoms with Crippen molar-refractivity contribution in [3.05, 3.63) is 12.7 Å². The Bertz CT molecular complexity index is 119. The molecule has 2 heteroatoms. The molecule has 0 saturated carbocycles. The zero-order chi connectivity index (χ0) is 9.56. The van der Waals surface area contributed by atoms with Crippen LogP contribution in [0, 0.1) is 0 Å². The third-order valence-corrected chi connectivity index (χ3v) is 6.35. The summed E-state index contributed by atoms with van der Waals surface area (Å²) in [5.74, 6) is 0. The van der Waals surface area contributed by atoms with Crippen LogP contribution in [0.4, 0.5) is 0 Å². The predicted molar refractivity (Wildman–Crippen MR) is 53.3 cm³/mol. The molecule has 1 nitrogen and oxygen atoms in total. The number of nitrogens with zero attached hydrogens (tertiary/aromatic N) is 1. The molecule has 0 aliphatic heterocycles. The van der Waals surface area contributed by atoms with Gasteiger partial charge in [0.15, 0.2) is 0 Å². The Kier molecular flexibility index (Phi) is 7.08. The average molecular weight is 351 g/mol. The van der Waals surface area contributed by atoms with Gasteiger partial charge in [-0.05, 0) is 0 Å². The van der Waals surface area contributed by atoms with E-state index >= 15 is 0 Å². The van der Waals surface area contributed by atoms with Crippen molar-refractivity contribution in [2.24, 2.45) is 0 Å². The normalized spacial score (nSPS) is 14.6. The molecule has 0 aromatic rings. The summed E-state index contributed by atoms with van der Waals surface area (Å²) < 4.78 is 0.836. The van der Waals surface area contributed by atoms with Gasteiger partial charge in [-0.25, -0.2) is 0 Å². The van der Waals surface area contributed by atoms with E-state index in [1.165, 1.54) is 19.5 Å². The van der Waals surface area contributed by atoms with Gasteiger partial charge in [-0.2, -0.15) is 0 Å². The van der Waals surface area contributed by atoms with Gasteiger partial charge in [0.1, 0.15) is 0 Å². The fourth-order valence-corrected chi connectivity index (χ4v) is 5.19. The van der Waals surface area contributed by atoms with Crippen molar-refractivity contribution in [3.8, 4) is 0 Å². The third kappa shape index (κ3) is 3.87. The van der Waals surface area contributed by atoms with E-state index in [2.05, 4.69) is 42.0 Å². The molecular formula is C10H22NPt. The quantitative estimate of drug-likeness (QED) is 0.665. The molecule has 0 aliphatic rings. The molecule has 0 radical (unpaired) electrons. The Morgan fingerprint density at radius 3 is 2.08 bits per heavy atom. The van der Waals surface area contributed by atoms with E-state index in [0.29, 0.717) is 0 Å². The van der Waals surface area contributed by atoms with Gasteiger partial charge >= 0.3 is 83.3 Å². The molecule has 0 spiro atoms. The van der Waals surface area contributed by atoms with E-state index in [-0.39, 0.29) is 0 Å². The van der Waals surface area contributed by atoms with Gasteiger partial charge in [0, 0.05) is 0 Å². The minimum absolute atomic E-state index is 0.710. The van der Waals surface area contributed by atoms with Crippen molar-refractivity contribution < 1.29 is 17.3 Å². The van der Waals surface area contributed by atoms with Crippen LogP contribution in [0.1, 0.15) is 20.3 Å². The summed E-state index contributed by atoms with van der Waals surface area (Å²) in [6.07, 6.45) is 3.25. The van der Waals surface area contributed by atoms with Gasteiger partial charge in [-0.3, -0.25) is 0 Å². The fourth-order valence-electron chi connectivity index (χ4n) is 1.25. The van der Waals surface area contributed by atoms with Gasteiger partial charge in [-0.15, -0.1) is 0 Å². The maximum atomic E-state index is 3.83. The van der Waals surface area contributed by atoms with E-state index < -0.39 is 17.3 Å². The second kappa shape index (κ2) is 6.86. The second-order valence-electron chi connectivity index (χ2n) is 2.82. The van der Waals surface area contributed by atoms with Gasteiger partial charge in [0.25, 0.3) is 0 Å². The van der Waals surface area contributed by atoms with Crippen molar-refractivity contribution in [3.63, 3.8) is 0 Å². The molecule has 0 aliphatic carbocycles. The fraction of sp³-hybridized carbons (Fsp3) is 0.800. The molecule has 1 atom stereocenters. The average Bonchev–Trinajstić information content (AvgIpc) is 2.05. The van der Waals surface area contributed by atoms with Gasteiger partial charge in [-0.1, -0.05) is 0 Å². The summed E-state index contributed by atoms with van der Waals surface area (Å²) in [6.45, 7) is 10.7. The standard InChI is InChI=1S/C8H16N.2CH3.Pt/c1-4-7-8-9(5-2)6-3;;;/h4,8H,1,5-7H2,2-3H3;2*1H3;. The van der Waals surface area contributed by atoms with Crippen LogP contribution in [0.15, 0.2) is 12.7 Å². The van der Waals surface area contributed by atoms with E-state index in [9.17, 15) is 0 Å². The third-order valence-electron chi connectivity index (χ3n) is 1.95. The molecule has 77 valence electrons. The molecule has 1 unspecified atom stereocenters. The van der Waals surface area contributed by atoms with Crippen LogP contribution in [0.3, 0.4) is 0 Å². The van der Waals surface area contributed by atoms with E-state index in [1.54, 1.807) is 0 Å². The molecule has 0 saturated heterocycles. The van der Waals surface area contributed by atoms with Crippen LogP contribution in [0.25, 0.3) is 0 Å². The SMILES string of the molecule is C=CC[CH](N(CC)CC)[Pt]([CH3])[CH3]. The van der Waals surface area contributed by atoms with Crippen LogP contribution < -0.4 is 0 Å². The van der Waals surface area contributed by atoms with E-state index in [4.69, 9.17) is 0 Å².